The number of aliphatic carboxylic acids is 1. The number of carboxylic acid groups (broad SMARTS) is 1. The molecule has 6 nitrogen and oxygen atoms in total. The van der Waals surface area contributed by atoms with E-state index in [9.17, 15) is 9.59 Å². The van der Waals surface area contributed by atoms with E-state index in [1.807, 2.05) is 0 Å². The maximum Gasteiger partial charge on any atom is 0.407 e. The summed E-state index contributed by atoms with van der Waals surface area (Å²) < 4.78 is 5.18. The highest BCUT2D eigenvalue weighted by molar-refractivity contribution is 5.71. The molecular formula is C14H26N2O4. The molecule has 0 radical (unpaired) electrons. The number of hydrogen-bond donors (Lipinski definition) is 3. The number of carbonyl (C=O) groups is 2. The van der Waals surface area contributed by atoms with Crippen molar-refractivity contribution >= 4 is 12.1 Å². The minimum Gasteiger partial charge on any atom is -0.481 e. The normalized spacial score (nSPS) is 18.4. The zero-order valence-electron chi connectivity index (χ0n) is 12.6. The minimum atomic E-state index is -0.903. The van der Waals surface area contributed by atoms with Gasteiger partial charge in [-0.1, -0.05) is 0 Å². The van der Waals surface area contributed by atoms with E-state index in [2.05, 4.69) is 10.6 Å². The van der Waals surface area contributed by atoms with Crippen molar-refractivity contribution in [1.29, 1.82) is 0 Å². The molecule has 6 heteroatoms. The summed E-state index contributed by atoms with van der Waals surface area (Å²) in [6.45, 7) is 7.26. The average Bonchev–Trinajstić information content (AvgIpc) is 2.26. The summed E-state index contributed by atoms with van der Waals surface area (Å²) in [4.78, 5) is 22.7. The molecule has 1 fully saturated rings. The summed E-state index contributed by atoms with van der Waals surface area (Å²) in [7, 11) is 0. The molecule has 3 N–H and O–H groups in total. The fourth-order valence-electron chi connectivity index (χ4n) is 2.40. The predicted octanol–water partition coefficient (Wildman–Crippen LogP) is 1.74. The molecule has 0 aromatic carbocycles. The molecule has 116 valence electrons. The maximum atomic E-state index is 11.8. The van der Waals surface area contributed by atoms with Crippen molar-refractivity contribution in [1.82, 2.24) is 10.6 Å². The first kappa shape index (κ1) is 16.8. The lowest BCUT2D eigenvalue weighted by Gasteiger charge is -2.28. The Morgan fingerprint density at radius 3 is 2.45 bits per heavy atom. The average molecular weight is 286 g/mol. The molecule has 0 aromatic heterocycles. The Hall–Kier alpha value is -1.30. The zero-order valence-corrected chi connectivity index (χ0v) is 12.6. The van der Waals surface area contributed by atoms with E-state index in [4.69, 9.17) is 9.84 Å². The number of rotatable bonds is 5. The van der Waals surface area contributed by atoms with Gasteiger partial charge in [-0.2, -0.15) is 0 Å². The van der Waals surface area contributed by atoms with Crippen LogP contribution in [0.25, 0.3) is 0 Å². The monoisotopic (exact) mass is 286 g/mol. The van der Waals surface area contributed by atoms with Crippen molar-refractivity contribution in [3.63, 3.8) is 0 Å². The van der Waals surface area contributed by atoms with E-state index >= 15 is 0 Å². The highest BCUT2D eigenvalue weighted by atomic mass is 16.6. The summed E-state index contributed by atoms with van der Waals surface area (Å²) in [6.07, 6.45) is 2.12. The highest BCUT2D eigenvalue weighted by Gasteiger charge is 2.24. The van der Waals surface area contributed by atoms with E-state index in [0.717, 1.165) is 25.9 Å². The van der Waals surface area contributed by atoms with E-state index < -0.39 is 17.7 Å². The van der Waals surface area contributed by atoms with Crippen molar-refractivity contribution in [2.45, 2.75) is 58.1 Å². The number of piperidine rings is 1. The Kier molecular flexibility index (Phi) is 6.26. The van der Waals surface area contributed by atoms with Gasteiger partial charge in [0.05, 0.1) is 6.42 Å². The third-order valence-corrected chi connectivity index (χ3v) is 3.22. The van der Waals surface area contributed by atoms with Crippen molar-refractivity contribution in [3.05, 3.63) is 0 Å². The van der Waals surface area contributed by atoms with Crippen LogP contribution in [-0.4, -0.2) is 41.9 Å². The van der Waals surface area contributed by atoms with Crippen molar-refractivity contribution < 1.29 is 19.4 Å². The lowest BCUT2D eigenvalue weighted by atomic mass is 9.90. The number of carbonyl (C=O) groups excluding carboxylic acids is 1. The number of ether oxygens (including phenoxy) is 1. The van der Waals surface area contributed by atoms with Gasteiger partial charge < -0.3 is 20.5 Å². The number of alkyl carbamates (subject to hydrolysis) is 1. The molecule has 1 amide bonds. The van der Waals surface area contributed by atoms with Crippen molar-refractivity contribution in [2.75, 3.05) is 13.1 Å². The van der Waals surface area contributed by atoms with Gasteiger partial charge >= 0.3 is 12.1 Å². The minimum absolute atomic E-state index is 0.0663. The predicted molar refractivity (Wildman–Crippen MR) is 75.6 cm³/mol. The van der Waals surface area contributed by atoms with Gasteiger partial charge in [-0.05, 0) is 59.0 Å². The smallest absolute Gasteiger partial charge is 0.407 e. The lowest BCUT2D eigenvalue weighted by molar-refractivity contribution is -0.137. The summed E-state index contributed by atoms with van der Waals surface area (Å²) in [5, 5.41) is 14.9. The van der Waals surface area contributed by atoms with E-state index in [0.29, 0.717) is 12.3 Å². The molecule has 0 saturated carbocycles. The van der Waals surface area contributed by atoms with Gasteiger partial charge in [0, 0.05) is 6.04 Å². The first-order chi connectivity index (χ1) is 9.26. The maximum absolute atomic E-state index is 11.8. The van der Waals surface area contributed by atoms with Crippen LogP contribution in [-0.2, 0) is 9.53 Å². The Labute approximate surface area is 120 Å². The fourth-order valence-corrected chi connectivity index (χ4v) is 2.40. The quantitative estimate of drug-likeness (QED) is 0.716. The van der Waals surface area contributed by atoms with Gasteiger partial charge in [-0.25, -0.2) is 4.79 Å². The number of carboxylic acids is 1. The summed E-state index contributed by atoms with van der Waals surface area (Å²) in [5.74, 6) is -0.449. The second-order valence-corrected chi connectivity index (χ2v) is 6.37. The van der Waals surface area contributed by atoms with Crippen LogP contribution in [0.3, 0.4) is 0 Å². The first-order valence-corrected chi connectivity index (χ1v) is 7.18. The van der Waals surface area contributed by atoms with Crippen LogP contribution in [0.1, 0.15) is 46.5 Å². The van der Waals surface area contributed by atoms with Crippen molar-refractivity contribution in [3.8, 4) is 0 Å². The molecule has 1 aliphatic rings. The molecule has 0 spiro atoms. The second kappa shape index (κ2) is 7.47. The molecule has 0 bridgehead atoms. The van der Waals surface area contributed by atoms with Gasteiger partial charge in [-0.3, -0.25) is 4.79 Å². The third-order valence-electron chi connectivity index (χ3n) is 3.22. The molecule has 1 saturated heterocycles. The fraction of sp³-hybridized carbons (Fsp3) is 0.857. The van der Waals surface area contributed by atoms with Gasteiger partial charge in [0.1, 0.15) is 5.60 Å². The number of amides is 1. The summed E-state index contributed by atoms with van der Waals surface area (Å²) >= 11 is 0. The topological polar surface area (TPSA) is 87.7 Å². The van der Waals surface area contributed by atoms with Crippen LogP contribution < -0.4 is 10.6 Å². The third kappa shape index (κ3) is 7.33. The van der Waals surface area contributed by atoms with Crippen LogP contribution in [0.4, 0.5) is 4.79 Å². The molecule has 20 heavy (non-hydrogen) atoms. The number of nitrogens with one attached hydrogen (secondary N) is 2. The zero-order chi connectivity index (χ0) is 15.2. The molecule has 1 heterocycles. The van der Waals surface area contributed by atoms with E-state index in [1.54, 1.807) is 20.8 Å². The molecule has 1 unspecified atom stereocenters. The van der Waals surface area contributed by atoms with Crippen LogP contribution in [0.5, 0.6) is 0 Å². The molecular weight excluding hydrogens is 260 g/mol. The Balaban J connectivity index is 2.50. The summed E-state index contributed by atoms with van der Waals surface area (Å²) in [6, 6.07) is -0.370. The summed E-state index contributed by atoms with van der Waals surface area (Å²) in [5.41, 5.74) is -0.577. The van der Waals surface area contributed by atoms with Gasteiger partial charge in [0.25, 0.3) is 0 Å². The van der Waals surface area contributed by atoms with Crippen LogP contribution in [0, 0.1) is 5.92 Å². The first-order valence-electron chi connectivity index (χ1n) is 7.18. The number of hydrogen-bond acceptors (Lipinski definition) is 4. The van der Waals surface area contributed by atoms with Crippen LogP contribution in [0.2, 0.25) is 0 Å². The SMILES string of the molecule is CC(C)(C)OC(=O)NC(CC(=O)O)CC1CCNCC1. The van der Waals surface area contributed by atoms with Crippen LogP contribution in [0.15, 0.2) is 0 Å². The van der Waals surface area contributed by atoms with Gasteiger partial charge in [-0.15, -0.1) is 0 Å². The molecule has 1 atom stereocenters. The van der Waals surface area contributed by atoms with Crippen molar-refractivity contribution in [2.24, 2.45) is 5.92 Å². The second-order valence-electron chi connectivity index (χ2n) is 6.37. The highest BCUT2D eigenvalue weighted by Crippen LogP contribution is 2.19. The van der Waals surface area contributed by atoms with Gasteiger partial charge in [0.2, 0.25) is 0 Å². The van der Waals surface area contributed by atoms with Crippen LogP contribution >= 0.6 is 0 Å². The molecule has 1 rings (SSSR count). The Bertz CT molecular complexity index is 333. The van der Waals surface area contributed by atoms with E-state index in [1.165, 1.54) is 0 Å². The molecule has 0 aromatic rings. The standard InChI is InChI=1S/C14H26N2O4/c1-14(2,3)20-13(19)16-11(9-12(17)18)8-10-4-6-15-7-5-10/h10-11,15H,4-9H2,1-3H3,(H,16,19)(H,17,18). The molecule has 0 aliphatic carbocycles. The van der Waals surface area contributed by atoms with Gasteiger partial charge in [0.15, 0.2) is 0 Å². The van der Waals surface area contributed by atoms with E-state index in [-0.39, 0.29) is 12.5 Å². The largest absolute Gasteiger partial charge is 0.481 e. The molecule has 1 aliphatic heterocycles. The Morgan fingerprint density at radius 1 is 1.35 bits per heavy atom. The Morgan fingerprint density at radius 2 is 1.95 bits per heavy atom. The lowest BCUT2D eigenvalue weighted by Crippen LogP contribution is -2.42.